The average Bonchev–Trinajstić information content (AvgIpc) is 3.36. The highest BCUT2D eigenvalue weighted by atomic mass is 19.1. The van der Waals surface area contributed by atoms with E-state index in [0.29, 0.717) is 44.1 Å². The summed E-state index contributed by atoms with van der Waals surface area (Å²) in [6.07, 6.45) is 2.49. The first kappa shape index (κ1) is 26.4. The van der Waals surface area contributed by atoms with Gasteiger partial charge in [0.15, 0.2) is 12.3 Å². The van der Waals surface area contributed by atoms with Crippen LogP contribution in [0.2, 0.25) is 0 Å². The van der Waals surface area contributed by atoms with Crippen molar-refractivity contribution in [2.75, 3.05) is 19.6 Å². The minimum absolute atomic E-state index is 0.0466. The van der Waals surface area contributed by atoms with Crippen molar-refractivity contribution in [3.05, 3.63) is 82.8 Å². The monoisotopic (exact) mass is 507 g/mol. The molecular weight excluding hydrogens is 473 g/mol. The Bertz CT molecular complexity index is 1250. The van der Waals surface area contributed by atoms with Crippen molar-refractivity contribution < 1.29 is 23.1 Å². The van der Waals surface area contributed by atoms with E-state index in [2.05, 4.69) is 4.98 Å². The van der Waals surface area contributed by atoms with E-state index in [0.717, 1.165) is 16.7 Å². The molecule has 0 saturated heterocycles. The van der Waals surface area contributed by atoms with Gasteiger partial charge in [0.05, 0.1) is 6.04 Å². The fourth-order valence-electron chi connectivity index (χ4n) is 4.75. The number of hydrogen-bond acceptors (Lipinski definition) is 5. The molecule has 0 spiro atoms. The van der Waals surface area contributed by atoms with Crippen molar-refractivity contribution in [1.29, 1.82) is 0 Å². The van der Waals surface area contributed by atoms with Crippen LogP contribution < -0.4 is 4.74 Å². The van der Waals surface area contributed by atoms with Gasteiger partial charge in [0, 0.05) is 26.1 Å². The van der Waals surface area contributed by atoms with E-state index in [4.69, 9.17) is 9.15 Å². The first-order chi connectivity index (χ1) is 17.8. The topological polar surface area (TPSA) is 75.9 Å². The van der Waals surface area contributed by atoms with E-state index in [9.17, 15) is 14.0 Å². The van der Waals surface area contributed by atoms with Crippen LogP contribution in [-0.2, 0) is 17.8 Å². The predicted molar refractivity (Wildman–Crippen MR) is 138 cm³/mol. The Kier molecular flexibility index (Phi) is 8.26. The van der Waals surface area contributed by atoms with Gasteiger partial charge < -0.3 is 19.0 Å². The van der Waals surface area contributed by atoms with Gasteiger partial charge in [0.25, 0.3) is 5.91 Å². The standard InChI is InChI=1S/C29H34FN3O4/c1-5-32(6-2)29(35)25-17-37-26(31-25)18-36-23-11-10-20-12-13-33(27(34)14-19(3)4)28(24(20)16-23)21-8-7-9-22(30)15-21/h7-11,15-17,19,28H,5-6,12-14,18H2,1-4H3/t28-/m0/s1. The lowest BCUT2D eigenvalue weighted by Crippen LogP contribution is -2.41. The molecular formula is C29H34FN3O4. The fourth-order valence-corrected chi connectivity index (χ4v) is 4.75. The highest BCUT2D eigenvalue weighted by molar-refractivity contribution is 5.91. The zero-order chi connectivity index (χ0) is 26.5. The molecule has 0 unspecified atom stereocenters. The summed E-state index contributed by atoms with van der Waals surface area (Å²) < 4.78 is 25.6. The molecule has 0 saturated carbocycles. The van der Waals surface area contributed by atoms with Gasteiger partial charge in [-0.25, -0.2) is 9.37 Å². The number of ether oxygens (including phenoxy) is 1. The van der Waals surface area contributed by atoms with E-state index in [1.807, 2.05) is 56.9 Å². The number of halogens is 1. The van der Waals surface area contributed by atoms with Crippen molar-refractivity contribution >= 4 is 11.8 Å². The smallest absolute Gasteiger partial charge is 0.275 e. The lowest BCUT2D eigenvalue weighted by Gasteiger charge is -2.38. The molecule has 1 aromatic heterocycles. The average molecular weight is 508 g/mol. The van der Waals surface area contributed by atoms with Crippen LogP contribution in [0.1, 0.15) is 73.2 Å². The van der Waals surface area contributed by atoms with Crippen LogP contribution in [-0.4, -0.2) is 46.2 Å². The largest absolute Gasteiger partial charge is 0.484 e. The molecule has 0 N–H and O–H groups in total. The lowest BCUT2D eigenvalue weighted by atomic mass is 9.87. The second kappa shape index (κ2) is 11.6. The zero-order valence-corrected chi connectivity index (χ0v) is 21.9. The summed E-state index contributed by atoms with van der Waals surface area (Å²) in [5.74, 6) is 0.615. The summed E-state index contributed by atoms with van der Waals surface area (Å²) >= 11 is 0. The van der Waals surface area contributed by atoms with Crippen molar-refractivity contribution in [2.24, 2.45) is 5.92 Å². The predicted octanol–water partition coefficient (Wildman–Crippen LogP) is 5.39. The molecule has 7 nitrogen and oxygen atoms in total. The van der Waals surface area contributed by atoms with Gasteiger partial charge in [0.1, 0.15) is 17.8 Å². The van der Waals surface area contributed by atoms with Gasteiger partial charge in [-0.15, -0.1) is 0 Å². The molecule has 3 aromatic rings. The molecule has 0 aliphatic carbocycles. The summed E-state index contributed by atoms with van der Waals surface area (Å²) in [6.45, 7) is 9.65. The normalized spacial score (nSPS) is 15.0. The molecule has 2 amide bonds. The summed E-state index contributed by atoms with van der Waals surface area (Å²) in [7, 11) is 0. The number of nitrogens with zero attached hydrogens (tertiary/aromatic N) is 3. The second-order valence-electron chi connectivity index (χ2n) is 9.65. The molecule has 1 aliphatic heterocycles. The van der Waals surface area contributed by atoms with E-state index < -0.39 is 6.04 Å². The first-order valence-electron chi connectivity index (χ1n) is 12.8. The van der Waals surface area contributed by atoms with Crippen molar-refractivity contribution in [2.45, 2.75) is 53.2 Å². The maximum absolute atomic E-state index is 14.2. The highest BCUT2D eigenvalue weighted by Gasteiger charge is 2.32. The summed E-state index contributed by atoms with van der Waals surface area (Å²) in [4.78, 5) is 33.5. The van der Waals surface area contributed by atoms with E-state index in [1.54, 1.807) is 11.0 Å². The number of benzene rings is 2. The van der Waals surface area contributed by atoms with Gasteiger partial charge in [-0.3, -0.25) is 9.59 Å². The third-order valence-electron chi connectivity index (χ3n) is 6.60. The van der Waals surface area contributed by atoms with Crippen LogP contribution in [0, 0.1) is 11.7 Å². The quantitative estimate of drug-likeness (QED) is 0.388. The summed E-state index contributed by atoms with van der Waals surface area (Å²) in [5, 5.41) is 0. The van der Waals surface area contributed by atoms with Crippen molar-refractivity contribution in [3.63, 3.8) is 0 Å². The van der Waals surface area contributed by atoms with Crippen LogP contribution in [0.5, 0.6) is 5.75 Å². The number of carbonyl (C=O) groups is 2. The SMILES string of the molecule is CCN(CC)C(=O)c1coc(COc2ccc3c(c2)[C@H](c2cccc(F)c2)N(C(=O)CC(C)C)CC3)n1. The molecule has 0 bridgehead atoms. The Morgan fingerprint density at radius 2 is 1.97 bits per heavy atom. The minimum atomic E-state index is -0.408. The molecule has 4 rings (SSSR count). The molecule has 37 heavy (non-hydrogen) atoms. The molecule has 2 heterocycles. The Morgan fingerprint density at radius 3 is 2.68 bits per heavy atom. The zero-order valence-electron chi connectivity index (χ0n) is 21.9. The molecule has 196 valence electrons. The first-order valence-corrected chi connectivity index (χ1v) is 12.8. The summed E-state index contributed by atoms with van der Waals surface area (Å²) in [5.41, 5.74) is 2.98. The van der Waals surface area contributed by atoms with Crippen LogP contribution in [0.3, 0.4) is 0 Å². The molecule has 8 heteroatoms. The molecule has 0 radical (unpaired) electrons. The minimum Gasteiger partial charge on any atom is -0.484 e. The maximum atomic E-state index is 14.2. The lowest BCUT2D eigenvalue weighted by molar-refractivity contribution is -0.134. The highest BCUT2D eigenvalue weighted by Crippen LogP contribution is 2.38. The molecule has 0 fully saturated rings. The van der Waals surface area contributed by atoms with Gasteiger partial charge in [-0.05, 0) is 67.1 Å². The van der Waals surface area contributed by atoms with Gasteiger partial charge in [-0.2, -0.15) is 0 Å². The van der Waals surface area contributed by atoms with Gasteiger partial charge in [0.2, 0.25) is 11.8 Å². The third kappa shape index (κ3) is 6.01. The number of aromatic nitrogens is 1. The third-order valence-corrected chi connectivity index (χ3v) is 6.60. The Hall–Kier alpha value is -3.68. The number of amides is 2. The number of rotatable bonds is 9. The Balaban J connectivity index is 1.58. The van der Waals surface area contributed by atoms with Crippen molar-refractivity contribution in [1.82, 2.24) is 14.8 Å². The van der Waals surface area contributed by atoms with Crippen molar-refractivity contribution in [3.8, 4) is 5.75 Å². The van der Waals surface area contributed by atoms with Crippen LogP contribution in [0.4, 0.5) is 4.39 Å². The van der Waals surface area contributed by atoms with Gasteiger partial charge in [-0.1, -0.05) is 32.0 Å². The van der Waals surface area contributed by atoms with Crippen LogP contribution >= 0.6 is 0 Å². The second-order valence-corrected chi connectivity index (χ2v) is 9.65. The Morgan fingerprint density at radius 1 is 1.19 bits per heavy atom. The number of oxazole rings is 1. The number of carbonyl (C=O) groups excluding carboxylic acids is 2. The maximum Gasteiger partial charge on any atom is 0.275 e. The number of hydrogen-bond donors (Lipinski definition) is 0. The summed E-state index contributed by atoms with van der Waals surface area (Å²) in [6, 6.07) is 11.8. The van der Waals surface area contributed by atoms with Gasteiger partial charge >= 0.3 is 0 Å². The molecule has 1 aliphatic rings. The van der Waals surface area contributed by atoms with E-state index >= 15 is 0 Å². The van der Waals surface area contributed by atoms with Crippen LogP contribution in [0.25, 0.3) is 0 Å². The Labute approximate surface area is 217 Å². The molecule has 2 aromatic carbocycles. The number of fused-ring (bicyclic) bond motifs is 1. The van der Waals surface area contributed by atoms with E-state index in [1.165, 1.54) is 18.4 Å². The van der Waals surface area contributed by atoms with E-state index in [-0.39, 0.29) is 35.9 Å². The molecule has 1 atom stereocenters. The fraction of sp³-hybridized carbons (Fsp3) is 0.414. The van der Waals surface area contributed by atoms with Crippen LogP contribution in [0.15, 0.2) is 53.1 Å².